The van der Waals surface area contributed by atoms with E-state index in [4.69, 9.17) is 4.74 Å². The molecule has 1 heterocycles. The van der Waals surface area contributed by atoms with Gasteiger partial charge in [0.05, 0.1) is 0 Å². The van der Waals surface area contributed by atoms with Crippen molar-refractivity contribution in [2.75, 3.05) is 11.9 Å². The van der Waals surface area contributed by atoms with Crippen LogP contribution in [-0.2, 0) is 14.3 Å². The SMILES string of the molecule is Cc1nnc(NC(=O)COC(=O)[C@@H](CC(C)C)NC(=O)c2ccccc2)s1. The molecule has 0 fully saturated rings. The topological polar surface area (TPSA) is 110 Å². The lowest BCUT2D eigenvalue weighted by Crippen LogP contribution is -2.43. The first-order chi connectivity index (χ1) is 12.8. The van der Waals surface area contributed by atoms with Gasteiger partial charge in [-0.1, -0.05) is 43.4 Å². The van der Waals surface area contributed by atoms with E-state index in [0.29, 0.717) is 22.1 Å². The third-order valence-corrected chi connectivity index (χ3v) is 4.20. The van der Waals surface area contributed by atoms with Gasteiger partial charge in [-0.3, -0.25) is 14.9 Å². The highest BCUT2D eigenvalue weighted by Crippen LogP contribution is 2.13. The van der Waals surface area contributed by atoms with Crippen molar-refractivity contribution < 1.29 is 19.1 Å². The third kappa shape index (κ3) is 6.78. The number of ether oxygens (including phenoxy) is 1. The van der Waals surface area contributed by atoms with Crippen molar-refractivity contribution in [2.24, 2.45) is 5.92 Å². The number of carbonyl (C=O) groups is 3. The second-order valence-electron chi connectivity index (χ2n) is 6.30. The first kappa shape index (κ1) is 20.5. The molecule has 1 atom stereocenters. The number of nitrogens with one attached hydrogen (secondary N) is 2. The third-order valence-electron chi connectivity index (χ3n) is 3.45. The van der Waals surface area contributed by atoms with Gasteiger partial charge >= 0.3 is 5.97 Å². The largest absolute Gasteiger partial charge is 0.454 e. The number of aromatic nitrogens is 2. The van der Waals surface area contributed by atoms with E-state index in [-0.39, 0.29) is 11.8 Å². The number of aryl methyl sites for hydroxylation is 1. The first-order valence-corrected chi connectivity index (χ1v) is 9.29. The van der Waals surface area contributed by atoms with Gasteiger partial charge in [0.1, 0.15) is 11.0 Å². The normalized spacial score (nSPS) is 11.7. The predicted molar refractivity (Wildman–Crippen MR) is 101 cm³/mol. The Bertz CT molecular complexity index is 792. The highest BCUT2D eigenvalue weighted by atomic mass is 32.1. The molecule has 0 saturated carbocycles. The Kier molecular flexibility index (Phi) is 7.42. The van der Waals surface area contributed by atoms with Gasteiger partial charge in [-0.2, -0.15) is 0 Å². The Morgan fingerprint density at radius 1 is 1.15 bits per heavy atom. The lowest BCUT2D eigenvalue weighted by atomic mass is 10.0. The van der Waals surface area contributed by atoms with Gasteiger partial charge in [-0.05, 0) is 31.4 Å². The molecule has 0 unspecified atom stereocenters. The summed E-state index contributed by atoms with van der Waals surface area (Å²) >= 11 is 1.22. The molecule has 0 aliphatic rings. The molecule has 144 valence electrons. The number of carbonyl (C=O) groups excluding carboxylic acids is 3. The molecular formula is C18H22N4O4S. The molecule has 0 bridgehead atoms. The van der Waals surface area contributed by atoms with Gasteiger partial charge in [0, 0.05) is 5.56 Å². The van der Waals surface area contributed by atoms with E-state index in [9.17, 15) is 14.4 Å². The van der Waals surface area contributed by atoms with Crippen LogP contribution in [0.3, 0.4) is 0 Å². The van der Waals surface area contributed by atoms with Crippen molar-refractivity contribution in [3.05, 3.63) is 40.9 Å². The lowest BCUT2D eigenvalue weighted by molar-refractivity contribution is -0.149. The van der Waals surface area contributed by atoms with Crippen molar-refractivity contribution in [2.45, 2.75) is 33.2 Å². The number of hydrogen-bond donors (Lipinski definition) is 2. The highest BCUT2D eigenvalue weighted by molar-refractivity contribution is 7.15. The van der Waals surface area contributed by atoms with E-state index in [2.05, 4.69) is 20.8 Å². The molecule has 2 amide bonds. The molecule has 27 heavy (non-hydrogen) atoms. The van der Waals surface area contributed by atoms with Crippen LogP contribution in [0.15, 0.2) is 30.3 Å². The van der Waals surface area contributed by atoms with Crippen molar-refractivity contribution in [1.82, 2.24) is 15.5 Å². The maximum Gasteiger partial charge on any atom is 0.329 e. The monoisotopic (exact) mass is 390 g/mol. The number of esters is 1. The lowest BCUT2D eigenvalue weighted by Gasteiger charge is -2.19. The molecule has 1 aromatic carbocycles. The summed E-state index contributed by atoms with van der Waals surface area (Å²) < 4.78 is 5.07. The molecule has 0 aliphatic carbocycles. The molecule has 2 N–H and O–H groups in total. The summed E-state index contributed by atoms with van der Waals surface area (Å²) in [5.74, 6) is -1.39. The molecule has 2 rings (SSSR count). The molecule has 1 aromatic heterocycles. The average molecular weight is 390 g/mol. The summed E-state index contributed by atoms with van der Waals surface area (Å²) in [5.41, 5.74) is 0.448. The zero-order valence-electron chi connectivity index (χ0n) is 15.4. The van der Waals surface area contributed by atoms with Gasteiger partial charge < -0.3 is 10.1 Å². The van der Waals surface area contributed by atoms with Gasteiger partial charge in [-0.25, -0.2) is 4.79 Å². The minimum absolute atomic E-state index is 0.150. The summed E-state index contributed by atoms with van der Waals surface area (Å²) in [6.07, 6.45) is 0.397. The Hall–Kier alpha value is -2.81. The van der Waals surface area contributed by atoms with Crippen LogP contribution in [0.25, 0.3) is 0 Å². The van der Waals surface area contributed by atoms with Crippen LogP contribution in [0.5, 0.6) is 0 Å². The fourth-order valence-electron chi connectivity index (χ4n) is 2.26. The number of rotatable bonds is 8. The second kappa shape index (κ2) is 9.77. The van der Waals surface area contributed by atoms with Crippen LogP contribution in [-0.4, -0.2) is 40.6 Å². The summed E-state index contributed by atoms with van der Waals surface area (Å²) in [6, 6.07) is 7.76. The molecule has 9 heteroatoms. The predicted octanol–water partition coefficient (Wildman–Crippen LogP) is 2.17. The minimum atomic E-state index is -0.839. The molecule has 8 nitrogen and oxygen atoms in total. The van der Waals surface area contributed by atoms with Crippen LogP contribution in [0.1, 0.15) is 35.6 Å². The quantitative estimate of drug-likeness (QED) is 0.669. The zero-order valence-corrected chi connectivity index (χ0v) is 16.2. The van der Waals surface area contributed by atoms with E-state index < -0.39 is 24.5 Å². The van der Waals surface area contributed by atoms with Crippen molar-refractivity contribution in [3.63, 3.8) is 0 Å². The van der Waals surface area contributed by atoms with Crippen LogP contribution in [0.2, 0.25) is 0 Å². The molecule has 0 radical (unpaired) electrons. The Morgan fingerprint density at radius 3 is 2.44 bits per heavy atom. The van der Waals surface area contributed by atoms with Gasteiger partial charge in [-0.15, -0.1) is 10.2 Å². The molecule has 0 saturated heterocycles. The molecular weight excluding hydrogens is 368 g/mol. The maximum absolute atomic E-state index is 12.4. The van der Waals surface area contributed by atoms with E-state index in [1.165, 1.54) is 11.3 Å². The number of amides is 2. The fraction of sp³-hybridized carbons (Fsp3) is 0.389. The summed E-state index contributed by atoms with van der Waals surface area (Å²) in [4.78, 5) is 36.6. The van der Waals surface area contributed by atoms with Crippen molar-refractivity contribution in [1.29, 1.82) is 0 Å². The first-order valence-electron chi connectivity index (χ1n) is 8.47. The summed E-state index contributed by atoms with van der Waals surface area (Å²) in [6.45, 7) is 5.16. The number of anilines is 1. The highest BCUT2D eigenvalue weighted by Gasteiger charge is 2.24. The van der Waals surface area contributed by atoms with E-state index in [1.54, 1.807) is 37.3 Å². The minimum Gasteiger partial charge on any atom is -0.454 e. The second-order valence-corrected chi connectivity index (χ2v) is 7.49. The molecule has 2 aromatic rings. The van der Waals surface area contributed by atoms with Gasteiger partial charge in [0.25, 0.3) is 11.8 Å². The van der Waals surface area contributed by atoms with Crippen LogP contribution in [0.4, 0.5) is 5.13 Å². The average Bonchev–Trinajstić information content (AvgIpc) is 3.04. The Morgan fingerprint density at radius 2 is 1.85 bits per heavy atom. The van der Waals surface area contributed by atoms with Crippen LogP contribution >= 0.6 is 11.3 Å². The van der Waals surface area contributed by atoms with Gasteiger partial charge in [0.15, 0.2) is 6.61 Å². The van der Waals surface area contributed by atoms with E-state index >= 15 is 0 Å². The zero-order chi connectivity index (χ0) is 19.8. The Labute approximate surface area is 161 Å². The number of nitrogens with zero attached hydrogens (tertiary/aromatic N) is 2. The molecule has 0 spiro atoms. The summed E-state index contributed by atoms with van der Waals surface area (Å²) in [7, 11) is 0. The standard InChI is InChI=1S/C18H22N4O4S/c1-11(2)9-14(19-16(24)13-7-5-4-6-8-13)17(25)26-10-15(23)20-18-22-21-12(3)27-18/h4-8,11,14H,9-10H2,1-3H3,(H,19,24)(H,20,22,23)/t14-/m1/s1. The number of hydrogen-bond acceptors (Lipinski definition) is 7. The molecule has 0 aliphatic heterocycles. The van der Waals surface area contributed by atoms with E-state index in [1.807, 2.05) is 13.8 Å². The fourth-order valence-corrected chi connectivity index (χ4v) is 2.86. The van der Waals surface area contributed by atoms with Crippen LogP contribution < -0.4 is 10.6 Å². The van der Waals surface area contributed by atoms with Gasteiger partial charge in [0.2, 0.25) is 5.13 Å². The summed E-state index contributed by atoms with van der Waals surface area (Å²) in [5, 5.41) is 13.8. The van der Waals surface area contributed by atoms with Crippen molar-refractivity contribution in [3.8, 4) is 0 Å². The smallest absolute Gasteiger partial charge is 0.329 e. The van der Waals surface area contributed by atoms with Crippen LogP contribution in [0, 0.1) is 12.8 Å². The Balaban J connectivity index is 1.91. The van der Waals surface area contributed by atoms with Crippen molar-refractivity contribution >= 4 is 34.3 Å². The maximum atomic E-state index is 12.4. The van der Waals surface area contributed by atoms with E-state index in [0.717, 1.165) is 0 Å². The number of benzene rings is 1.